The summed E-state index contributed by atoms with van der Waals surface area (Å²) >= 11 is 12.4. The van der Waals surface area contributed by atoms with Gasteiger partial charge in [-0.2, -0.15) is 0 Å². The van der Waals surface area contributed by atoms with Crippen molar-refractivity contribution in [2.45, 2.75) is 32.7 Å². The lowest BCUT2D eigenvalue weighted by atomic mass is 9.97. The fraction of sp³-hybridized carbons (Fsp3) is 0.333. The third-order valence-electron chi connectivity index (χ3n) is 3.61. The van der Waals surface area contributed by atoms with Crippen LogP contribution in [0.2, 0.25) is 10.0 Å². The van der Waals surface area contributed by atoms with Crippen molar-refractivity contribution in [1.82, 2.24) is 5.32 Å². The van der Waals surface area contributed by atoms with Crippen LogP contribution in [-0.4, -0.2) is 6.54 Å². The van der Waals surface area contributed by atoms with Crippen LogP contribution in [-0.2, 0) is 6.42 Å². The predicted octanol–water partition coefficient (Wildman–Crippen LogP) is 5.59. The van der Waals surface area contributed by atoms with Crippen molar-refractivity contribution >= 4 is 23.2 Å². The Morgan fingerprint density at radius 1 is 1.05 bits per heavy atom. The van der Waals surface area contributed by atoms with E-state index in [-0.39, 0.29) is 6.04 Å². The molecule has 0 heterocycles. The highest BCUT2D eigenvalue weighted by Crippen LogP contribution is 2.26. The quantitative estimate of drug-likeness (QED) is 0.731. The van der Waals surface area contributed by atoms with Gasteiger partial charge >= 0.3 is 0 Å². The summed E-state index contributed by atoms with van der Waals surface area (Å²) in [6, 6.07) is 14.5. The Kier molecular flexibility index (Phi) is 6.10. The molecule has 1 atom stereocenters. The molecule has 1 nitrogen and oxygen atoms in total. The minimum absolute atomic E-state index is 0.251. The summed E-state index contributed by atoms with van der Waals surface area (Å²) in [7, 11) is 0. The summed E-state index contributed by atoms with van der Waals surface area (Å²) in [6.45, 7) is 5.20. The first kappa shape index (κ1) is 16.4. The van der Waals surface area contributed by atoms with Crippen LogP contribution in [0, 0.1) is 6.92 Å². The SMILES string of the molecule is CCCNC(Cc1ccccc1Cl)c1ccc(Cl)c(C)c1. The molecule has 0 aromatic heterocycles. The van der Waals surface area contributed by atoms with Gasteiger partial charge in [0.1, 0.15) is 0 Å². The van der Waals surface area contributed by atoms with Gasteiger partial charge in [0.05, 0.1) is 0 Å². The lowest BCUT2D eigenvalue weighted by Crippen LogP contribution is -2.24. The molecule has 1 N–H and O–H groups in total. The lowest BCUT2D eigenvalue weighted by Gasteiger charge is -2.20. The van der Waals surface area contributed by atoms with Crippen LogP contribution in [0.5, 0.6) is 0 Å². The van der Waals surface area contributed by atoms with E-state index in [4.69, 9.17) is 23.2 Å². The minimum Gasteiger partial charge on any atom is -0.310 e. The van der Waals surface area contributed by atoms with Crippen LogP contribution < -0.4 is 5.32 Å². The molecule has 2 aromatic rings. The Morgan fingerprint density at radius 2 is 1.81 bits per heavy atom. The third-order valence-corrected chi connectivity index (χ3v) is 4.40. The largest absolute Gasteiger partial charge is 0.310 e. The first-order valence-electron chi connectivity index (χ1n) is 7.34. The van der Waals surface area contributed by atoms with E-state index in [2.05, 4.69) is 30.4 Å². The molecule has 0 fully saturated rings. The molecule has 21 heavy (non-hydrogen) atoms. The fourth-order valence-electron chi connectivity index (χ4n) is 2.39. The Bertz CT molecular complexity index is 596. The van der Waals surface area contributed by atoms with Crippen LogP contribution in [0.1, 0.15) is 36.1 Å². The lowest BCUT2D eigenvalue weighted by molar-refractivity contribution is 0.529. The monoisotopic (exact) mass is 321 g/mol. The highest BCUT2D eigenvalue weighted by Gasteiger charge is 2.14. The number of aryl methyl sites for hydroxylation is 1. The van der Waals surface area contributed by atoms with Crippen molar-refractivity contribution in [3.8, 4) is 0 Å². The average molecular weight is 322 g/mol. The highest BCUT2D eigenvalue weighted by atomic mass is 35.5. The zero-order chi connectivity index (χ0) is 15.2. The molecule has 0 amide bonds. The maximum absolute atomic E-state index is 6.30. The van der Waals surface area contributed by atoms with Crippen LogP contribution in [0.15, 0.2) is 42.5 Å². The van der Waals surface area contributed by atoms with Gasteiger partial charge < -0.3 is 5.32 Å². The van der Waals surface area contributed by atoms with E-state index in [1.165, 1.54) is 11.1 Å². The number of hydrogen-bond donors (Lipinski definition) is 1. The van der Waals surface area contributed by atoms with Crippen LogP contribution >= 0.6 is 23.2 Å². The minimum atomic E-state index is 0.251. The van der Waals surface area contributed by atoms with Crippen molar-refractivity contribution in [3.63, 3.8) is 0 Å². The normalized spacial score (nSPS) is 12.4. The van der Waals surface area contributed by atoms with Gasteiger partial charge in [-0.1, -0.05) is 60.5 Å². The van der Waals surface area contributed by atoms with Crippen molar-refractivity contribution in [3.05, 3.63) is 69.2 Å². The average Bonchev–Trinajstić information content (AvgIpc) is 2.48. The van der Waals surface area contributed by atoms with E-state index < -0.39 is 0 Å². The number of nitrogens with one attached hydrogen (secondary N) is 1. The maximum Gasteiger partial charge on any atom is 0.0438 e. The molecular formula is C18H21Cl2N. The molecule has 0 saturated carbocycles. The van der Waals surface area contributed by atoms with Crippen LogP contribution in [0.25, 0.3) is 0 Å². The van der Waals surface area contributed by atoms with Gasteiger partial charge in [-0.15, -0.1) is 0 Å². The highest BCUT2D eigenvalue weighted by molar-refractivity contribution is 6.31. The zero-order valence-corrected chi connectivity index (χ0v) is 14.0. The maximum atomic E-state index is 6.30. The van der Waals surface area contributed by atoms with Crippen LogP contribution in [0.3, 0.4) is 0 Å². The number of rotatable bonds is 6. The molecule has 0 saturated heterocycles. The van der Waals surface area contributed by atoms with E-state index in [1.807, 2.05) is 31.2 Å². The summed E-state index contributed by atoms with van der Waals surface area (Å²) in [4.78, 5) is 0. The van der Waals surface area contributed by atoms with E-state index in [0.29, 0.717) is 0 Å². The van der Waals surface area contributed by atoms with Crippen molar-refractivity contribution in [2.75, 3.05) is 6.54 Å². The van der Waals surface area contributed by atoms with Crippen molar-refractivity contribution < 1.29 is 0 Å². The Morgan fingerprint density at radius 3 is 2.48 bits per heavy atom. The van der Waals surface area contributed by atoms with E-state index in [9.17, 15) is 0 Å². The number of halogens is 2. The van der Waals surface area contributed by atoms with E-state index >= 15 is 0 Å². The Balaban J connectivity index is 2.25. The number of benzene rings is 2. The van der Waals surface area contributed by atoms with Gasteiger partial charge in [0.2, 0.25) is 0 Å². The zero-order valence-electron chi connectivity index (χ0n) is 12.5. The summed E-state index contributed by atoms with van der Waals surface area (Å²) in [6.07, 6.45) is 1.98. The second-order valence-corrected chi connectivity index (χ2v) is 6.13. The second-order valence-electron chi connectivity index (χ2n) is 5.31. The smallest absolute Gasteiger partial charge is 0.0438 e. The van der Waals surface area contributed by atoms with Crippen LogP contribution in [0.4, 0.5) is 0 Å². The second kappa shape index (κ2) is 7.84. The molecular weight excluding hydrogens is 301 g/mol. The predicted molar refractivity (Wildman–Crippen MR) is 92.4 cm³/mol. The Labute approximate surface area is 137 Å². The first-order valence-corrected chi connectivity index (χ1v) is 8.10. The third kappa shape index (κ3) is 4.47. The molecule has 0 radical (unpaired) electrons. The molecule has 2 aromatic carbocycles. The summed E-state index contributed by atoms with van der Waals surface area (Å²) in [5.74, 6) is 0. The van der Waals surface area contributed by atoms with Crippen molar-refractivity contribution in [2.24, 2.45) is 0 Å². The summed E-state index contributed by atoms with van der Waals surface area (Å²) in [5, 5.41) is 5.24. The Hall–Kier alpha value is -1.02. The molecule has 0 bridgehead atoms. The molecule has 0 aliphatic heterocycles. The van der Waals surface area contributed by atoms with Gasteiger partial charge in [0.15, 0.2) is 0 Å². The van der Waals surface area contributed by atoms with E-state index in [0.717, 1.165) is 35.0 Å². The fourth-order valence-corrected chi connectivity index (χ4v) is 2.73. The van der Waals surface area contributed by atoms with Gasteiger partial charge in [0, 0.05) is 16.1 Å². The standard InChI is InChI=1S/C18H21Cl2N/c1-3-10-21-18(12-14-6-4-5-7-17(14)20)15-8-9-16(19)13(2)11-15/h4-9,11,18,21H,3,10,12H2,1-2H3. The first-order chi connectivity index (χ1) is 10.1. The topological polar surface area (TPSA) is 12.0 Å². The molecule has 3 heteroatoms. The molecule has 0 aliphatic rings. The van der Waals surface area contributed by atoms with Gasteiger partial charge in [0.25, 0.3) is 0 Å². The summed E-state index contributed by atoms with van der Waals surface area (Å²) in [5.41, 5.74) is 3.53. The van der Waals surface area contributed by atoms with E-state index in [1.54, 1.807) is 0 Å². The molecule has 0 aliphatic carbocycles. The molecule has 2 rings (SSSR count). The van der Waals surface area contributed by atoms with Crippen molar-refractivity contribution in [1.29, 1.82) is 0 Å². The van der Waals surface area contributed by atoms with Gasteiger partial charge in [-0.25, -0.2) is 0 Å². The molecule has 0 spiro atoms. The van der Waals surface area contributed by atoms with Gasteiger partial charge in [-0.05, 0) is 55.1 Å². The van der Waals surface area contributed by atoms with Gasteiger partial charge in [-0.3, -0.25) is 0 Å². The molecule has 112 valence electrons. The molecule has 1 unspecified atom stereocenters. The number of hydrogen-bond acceptors (Lipinski definition) is 1. The summed E-state index contributed by atoms with van der Waals surface area (Å²) < 4.78 is 0.